The Kier molecular flexibility index (Phi) is 5.23. The van der Waals surface area contributed by atoms with Crippen LogP contribution >= 0.6 is 22.6 Å². The van der Waals surface area contributed by atoms with Gasteiger partial charge in [0.2, 0.25) is 0 Å². The zero-order valence-corrected chi connectivity index (χ0v) is 13.1. The Hall–Kier alpha value is -1.76. The molecule has 104 valence electrons. The topological polar surface area (TPSA) is 47.6 Å². The number of nitrogens with one attached hydrogen (secondary N) is 1. The minimum atomic E-state index is -0.211. The van der Waals surface area contributed by atoms with Crippen LogP contribution in [0.1, 0.15) is 0 Å². The average molecular weight is 383 g/mol. The second kappa shape index (κ2) is 7.14. The standard InChI is InChI=1S/C15H14INO3/c1-19-13-4-2-3-5-14(13)20-10-15(18)17-12-8-6-11(16)7-9-12/h2-9H,10H2,1H3,(H,17,18). The number of halogens is 1. The molecule has 2 aromatic rings. The van der Waals surface area contributed by atoms with Crippen molar-refractivity contribution in [3.05, 3.63) is 52.1 Å². The number of benzene rings is 2. The smallest absolute Gasteiger partial charge is 0.262 e. The highest BCUT2D eigenvalue weighted by atomic mass is 127. The molecule has 0 fully saturated rings. The molecule has 0 heterocycles. The SMILES string of the molecule is COc1ccccc1OCC(=O)Nc1ccc(I)cc1. The fraction of sp³-hybridized carbons (Fsp3) is 0.133. The van der Waals surface area contributed by atoms with Crippen molar-refractivity contribution in [2.75, 3.05) is 19.0 Å². The normalized spacial score (nSPS) is 9.90. The first kappa shape index (κ1) is 14.6. The predicted octanol–water partition coefficient (Wildman–Crippen LogP) is 3.32. The molecule has 0 atom stereocenters. The van der Waals surface area contributed by atoms with E-state index in [1.807, 2.05) is 36.4 Å². The van der Waals surface area contributed by atoms with Crippen molar-refractivity contribution in [2.24, 2.45) is 0 Å². The first-order valence-corrected chi connectivity index (χ1v) is 7.08. The molecule has 2 rings (SSSR count). The molecule has 0 radical (unpaired) electrons. The summed E-state index contributed by atoms with van der Waals surface area (Å²) in [6.45, 7) is -0.0631. The lowest BCUT2D eigenvalue weighted by molar-refractivity contribution is -0.118. The van der Waals surface area contributed by atoms with Gasteiger partial charge < -0.3 is 14.8 Å². The van der Waals surface area contributed by atoms with Gasteiger partial charge in [-0.25, -0.2) is 0 Å². The maximum absolute atomic E-state index is 11.8. The Bertz CT molecular complexity index is 584. The number of rotatable bonds is 5. The molecule has 0 aliphatic rings. The Labute approximate surface area is 131 Å². The second-order valence-corrected chi connectivity index (χ2v) is 5.24. The van der Waals surface area contributed by atoms with Crippen LogP contribution in [0.15, 0.2) is 48.5 Å². The number of ether oxygens (including phenoxy) is 2. The monoisotopic (exact) mass is 383 g/mol. The summed E-state index contributed by atoms with van der Waals surface area (Å²) in [6.07, 6.45) is 0. The summed E-state index contributed by atoms with van der Waals surface area (Å²) in [6, 6.07) is 14.8. The minimum Gasteiger partial charge on any atom is -0.493 e. The zero-order chi connectivity index (χ0) is 14.4. The zero-order valence-electron chi connectivity index (χ0n) is 10.9. The van der Waals surface area contributed by atoms with E-state index >= 15 is 0 Å². The number of carbonyl (C=O) groups is 1. The van der Waals surface area contributed by atoms with Crippen molar-refractivity contribution in [3.63, 3.8) is 0 Å². The molecule has 1 amide bonds. The summed E-state index contributed by atoms with van der Waals surface area (Å²) in [5.74, 6) is 0.944. The lowest BCUT2D eigenvalue weighted by atomic mass is 10.3. The third-order valence-corrected chi connectivity index (χ3v) is 3.27. The molecular weight excluding hydrogens is 369 g/mol. The highest BCUT2D eigenvalue weighted by Crippen LogP contribution is 2.25. The van der Waals surface area contributed by atoms with Gasteiger partial charge >= 0.3 is 0 Å². The molecule has 20 heavy (non-hydrogen) atoms. The molecule has 0 aliphatic heterocycles. The lowest BCUT2D eigenvalue weighted by Crippen LogP contribution is -2.20. The number of carbonyl (C=O) groups excluding carboxylic acids is 1. The maximum atomic E-state index is 11.8. The van der Waals surface area contributed by atoms with Gasteiger partial charge in [-0.3, -0.25) is 4.79 Å². The quantitative estimate of drug-likeness (QED) is 0.806. The van der Waals surface area contributed by atoms with Crippen LogP contribution in [0.2, 0.25) is 0 Å². The average Bonchev–Trinajstić information content (AvgIpc) is 2.48. The fourth-order valence-electron chi connectivity index (χ4n) is 1.61. The van der Waals surface area contributed by atoms with E-state index < -0.39 is 0 Å². The fourth-order valence-corrected chi connectivity index (χ4v) is 1.97. The van der Waals surface area contributed by atoms with Crippen molar-refractivity contribution in [1.29, 1.82) is 0 Å². The molecule has 4 nitrogen and oxygen atoms in total. The van der Waals surface area contributed by atoms with Gasteiger partial charge in [-0.1, -0.05) is 12.1 Å². The predicted molar refractivity (Wildman–Crippen MR) is 86.3 cm³/mol. The lowest BCUT2D eigenvalue weighted by Gasteiger charge is -2.10. The Balaban J connectivity index is 1.90. The number of methoxy groups -OCH3 is 1. The number of anilines is 1. The van der Waals surface area contributed by atoms with Gasteiger partial charge in [0.05, 0.1) is 7.11 Å². The summed E-state index contributed by atoms with van der Waals surface area (Å²) in [5.41, 5.74) is 0.749. The molecule has 0 spiro atoms. The third-order valence-electron chi connectivity index (χ3n) is 2.56. The highest BCUT2D eigenvalue weighted by molar-refractivity contribution is 14.1. The van der Waals surface area contributed by atoms with Gasteiger partial charge in [-0.15, -0.1) is 0 Å². The highest BCUT2D eigenvalue weighted by Gasteiger charge is 2.07. The Morgan fingerprint density at radius 1 is 1.10 bits per heavy atom. The first-order valence-electron chi connectivity index (χ1n) is 6.00. The van der Waals surface area contributed by atoms with Crippen LogP contribution in [0.5, 0.6) is 11.5 Å². The van der Waals surface area contributed by atoms with E-state index in [4.69, 9.17) is 9.47 Å². The van der Waals surface area contributed by atoms with E-state index in [-0.39, 0.29) is 12.5 Å². The number of para-hydroxylation sites is 2. The number of amides is 1. The van der Waals surface area contributed by atoms with E-state index in [0.717, 1.165) is 9.26 Å². The molecule has 0 saturated heterocycles. The summed E-state index contributed by atoms with van der Waals surface area (Å²) in [7, 11) is 1.56. The largest absolute Gasteiger partial charge is 0.493 e. The molecule has 5 heteroatoms. The van der Waals surface area contributed by atoms with Crippen LogP contribution in [-0.2, 0) is 4.79 Å². The van der Waals surface area contributed by atoms with Gasteiger partial charge in [0.15, 0.2) is 18.1 Å². The molecule has 0 unspecified atom stereocenters. The van der Waals surface area contributed by atoms with Crippen LogP contribution in [0.4, 0.5) is 5.69 Å². The first-order chi connectivity index (χ1) is 9.69. The molecule has 1 N–H and O–H groups in total. The summed E-state index contributed by atoms with van der Waals surface area (Å²) < 4.78 is 11.7. The summed E-state index contributed by atoms with van der Waals surface area (Å²) in [5, 5.41) is 2.77. The number of hydrogen-bond acceptors (Lipinski definition) is 3. The van der Waals surface area contributed by atoms with Crippen molar-refractivity contribution in [2.45, 2.75) is 0 Å². The van der Waals surface area contributed by atoms with Crippen LogP contribution in [0.25, 0.3) is 0 Å². The van der Waals surface area contributed by atoms with Crippen LogP contribution in [-0.4, -0.2) is 19.6 Å². The minimum absolute atomic E-state index is 0.0631. The Morgan fingerprint density at radius 3 is 2.40 bits per heavy atom. The molecule has 0 bridgehead atoms. The molecule has 2 aromatic carbocycles. The molecule has 0 saturated carbocycles. The van der Waals surface area contributed by atoms with Crippen molar-refractivity contribution < 1.29 is 14.3 Å². The van der Waals surface area contributed by atoms with Gasteiger partial charge in [-0.2, -0.15) is 0 Å². The molecule has 0 aliphatic carbocycles. The van der Waals surface area contributed by atoms with E-state index in [9.17, 15) is 4.79 Å². The van der Waals surface area contributed by atoms with E-state index in [2.05, 4.69) is 27.9 Å². The van der Waals surface area contributed by atoms with Crippen LogP contribution in [0, 0.1) is 3.57 Å². The summed E-state index contributed by atoms with van der Waals surface area (Å²) in [4.78, 5) is 11.8. The van der Waals surface area contributed by atoms with E-state index in [1.54, 1.807) is 19.2 Å². The van der Waals surface area contributed by atoms with Gasteiger partial charge in [0, 0.05) is 9.26 Å². The Morgan fingerprint density at radius 2 is 1.75 bits per heavy atom. The van der Waals surface area contributed by atoms with Gasteiger partial charge in [0.25, 0.3) is 5.91 Å². The maximum Gasteiger partial charge on any atom is 0.262 e. The third kappa shape index (κ3) is 4.12. The van der Waals surface area contributed by atoms with E-state index in [0.29, 0.717) is 11.5 Å². The molecular formula is C15H14INO3. The van der Waals surface area contributed by atoms with Crippen LogP contribution < -0.4 is 14.8 Å². The van der Waals surface area contributed by atoms with E-state index in [1.165, 1.54) is 0 Å². The number of hydrogen-bond donors (Lipinski definition) is 1. The van der Waals surface area contributed by atoms with Crippen molar-refractivity contribution in [3.8, 4) is 11.5 Å². The molecule has 0 aromatic heterocycles. The van der Waals surface area contributed by atoms with Gasteiger partial charge in [0.1, 0.15) is 0 Å². The van der Waals surface area contributed by atoms with Crippen molar-refractivity contribution >= 4 is 34.2 Å². The summed E-state index contributed by atoms with van der Waals surface area (Å²) >= 11 is 2.21. The van der Waals surface area contributed by atoms with Crippen LogP contribution in [0.3, 0.4) is 0 Å². The second-order valence-electron chi connectivity index (χ2n) is 3.99. The van der Waals surface area contributed by atoms with Gasteiger partial charge in [-0.05, 0) is 59.0 Å². The van der Waals surface area contributed by atoms with Crippen molar-refractivity contribution in [1.82, 2.24) is 0 Å².